The average Bonchev–Trinajstić information content (AvgIpc) is 2.18. The number of rotatable bonds is 6. The molecule has 2 N–H and O–H groups in total. The molecule has 1 fully saturated rings. The van der Waals surface area contributed by atoms with E-state index in [0.29, 0.717) is 6.04 Å². The zero-order valence-corrected chi connectivity index (χ0v) is 10.3. The van der Waals surface area contributed by atoms with Gasteiger partial charge in [0.25, 0.3) is 0 Å². The Bertz CT molecular complexity index is 130. The summed E-state index contributed by atoms with van der Waals surface area (Å²) in [6.07, 6.45) is 11.2. The minimum absolute atomic E-state index is 0.398. The first-order chi connectivity index (χ1) is 6.79. The summed E-state index contributed by atoms with van der Waals surface area (Å²) in [6, 6.07) is 0.398. The molecule has 0 saturated heterocycles. The van der Waals surface area contributed by atoms with E-state index in [1.807, 2.05) is 0 Å². The zero-order chi connectivity index (χ0) is 10.2. The lowest BCUT2D eigenvalue weighted by molar-refractivity contribution is 0.515. The second kappa shape index (κ2) is 7.58. The molecule has 1 aliphatic carbocycles. The Morgan fingerprint density at radius 3 is 2.57 bits per heavy atom. The van der Waals surface area contributed by atoms with Crippen molar-refractivity contribution >= 4 is 11.8 Å². The van der Waals surface area contributed by atoms with Crippen LogP contribution in [-0.4, -0.2) is 17.0 Å². The van der Waals surface area contributed by atoms with Crippen LogP contribution in [0.5, 0.6) is 0 Å². The summed E-state index contributed by atoms with van der Waals surface area (Å²) in [5.41, 5.74) is 5.71. The highest BCUT2D eigenvalue weighted by molar-refractivity contribution is 7.99. The quantitative estimate of drug-likeness (QED) is 0.686. The molecule has 0 aromatic carbocycles. The second-order valence-electron chi connectivity index (χ2n) is 4.60. The summed E-state index contributed by atoms with van der Waals surface area (Å²) in [5, 5.41) is 0.985. The van der Waals surface area contributed by atoms with Crippen LogP contribution in [0.1, 0.15) is 58.3 Å². The largest absolute Gasteiger partial charge is 0.328 e. The summed E-state index contributed by atoms with van der Waals surface area (Å²) in [7, 11) is 0. The third kappa shape index (κ3) is 5.92. The van der Waals surface area contributed by atoms with E-state index in [0.717, 1.165) is 5.25 Å². The predicted molar refractivity (Wildman–Crippen MR) is 66.8 cm³/mol. The van der Waals surface area contributed by atoms with Crippen molar-refractivity contribution in [1.82, 2.24) is 0 Å². The third-order valence-electron chi connectivity index (χ3n) is 2.96. The van der Waals surface area contributed by atoms with Gasteiger partial charge in [0.15, 0.2) is 0 Å². The van der Waals surface area contributed by atoms with Crippen LogP contribution >= 0.6 is 11.8 Å². The van der Waals surface area contributed by atoms with Crippen molar-refractivity contribution in [1.29, 1.82) is 0 Å². The average molecular weight is 215 g/mol. The molecule has 0 spiro atoms. The first-order valence-electron chi connectivity index (χ1n) is 6.16. The van der Waals surface area contributed by atoms with E-state index in [2.05, 4.69) is 18.7 Å². The Balaban J connectivity index is 1.87. The molecule has 0 aromatic heterocycles. The molecule has 2 heteroatoms. The van der Waals surface area contributed by atoms with Crippen molar-refractivity contribution in [3.8, 4) is 0 Å². The van der Waals surface area contributed by atoms with Gasteiger partial charge in [0.2, 0.25) is 0 Å². The molecule has 0 bridgehead atoms. The van der Waals surface area contributed by atoms with Gasteiger partial charge in [-0.25, -0.2) is 0 Å². The van der Waals surface area contributed by atoms with E-state index in [4.69, 9.17) is 5.73 Å². The van der Waals surface area contributed by atoms with Gasteiger partial charge < -0.3 is 5.73 Å². The fraction of sp³-hybridized carbons (Fsp3) is 1.00. The Morgan fingerprint density at radius 2 is 1.93 bits per heavy atom. The van der Waals surface area contributed by atoms with Crippen molar-refractivity contribution in [2.24, 2.45) is 5.73 Å². The van der Waals surface area contributed by atoms with Gasteiger partial charge in [0.1, 0.15) is 0 Å². The lowest BCUT2D eigenvalue weighted by Gasteiger charge is -2.20. The molecule has 84 valence electrons. The second-order valence-corrected chi connectivity index (χ2v) is 6.01. The molecule has 14 heavy (non-hydrogen) atoms. The van der Waals surface area contributed by atoms with E-state index in [1.165, 1.54) is 57.1 Å². The van der Waals surface area contributed by atoms with E-state index in [9.17, 15) is 0 Å². The van der Waals surface area contributed by atoms with Crippen molar-refractivity contribution in [2.45, 2.75) is 69.6 Å². The van der Waals surface area contributed by atoms with Crippen LogP contribution in [0.2, 0.25) is 0 Å². The van der Waals surface area contributed by atoms with Crippen LogP contribution in [0, 0.1) is 0 Å². The summed E-state index contributed by atoms with van der Waals surface area (Å²) < 4.78 is 0. The summed E-state index contributed by atoms with van der Waals surface area (Å²) >= 11 is 2.21. The maximum absolute atomic E-state index is 5.71. The Morgan fingerprint density at radius 1 is 1.21 bits per heavy atom. The Kier molecular flexibility index (Phi) is 6.70. The lowest BCUT2D eigenvalue weighted by atomic mass is 10.0. The van der Waals surface area contributed by atoms with Crippen molar-refractivity contribution < 1.29 is 0 Å². The van der Waals surface area contributed by atoms with E-state index in [1.54, 1.807) is 0 Å². The van der Waals surface area contributed by atoms with Crippen LogP contribution in [-0.2, 0) is 0 Å². The standard InChI is InChI=1S/C12H25NS/c1-11(13)7-5-6-10-14-12-8-3-2-4-9-12/h11-12H,2-10,13H2,1H3. The van der Waals surface area contributed by atoms with E-state index >= 15 is 0 Å². The van der Waals surface area contributed by atoms with Crippen LogP contribution in [0.25, 0.3) is 0 Å². The fourth-order valence-electron chi connectivity index (χ4n) is 2.05. The molecule has 1 saturated carbocycles. The highest BCUT2D eigenvalue weighted by Gasteiger charge is 2.12. The van der Waals surface area contributed by atoms with Crippen LogP contribution in [0.4, 0.5) is 0 Å². The maximum atomic E-state index is 5.71. The van der Waals surface area contributed by atoms with Gasteiger partial charge >= 0.3 is 0 Å². The molecule has 0 aliphatic heterocycles. The first kappa shape index (κ1) is 12.4. The fourth-order valence-corrected chi connectivity index (χ4v) is 3.42. The molecule has 0 heterocycles. The minimum Gasteiger partial charge on any atom is -0.328 e. The van der Waals surface area contributed by atoms with E-state index in [-0.39, 0.29) is 0 Å². The molecule has 1 aliphatic rings. The number of nitrogens with two attached hydrogens (primary N) is 1. The topological polar surface area (TPSA) is 26.0 Å². The molecule has 0 amide bonds. The number of hydrogen-bond acceptors (Lipinski definition) is 2. The van der Waals surface area contributed by atoms with Gasteiger partial charge in [-0.05, 0) is 38.4 Å². The predicted octanol–water partition coefficient (Wildman–Crippen LogP) is 3.57. The van der Waals surface area contributed by atoms with Crippen LogP contribution in [0.15, 0.2) is 0 Å². The van der Waals surface area contributed by atoms with Crippen molar-refractivity contribution in [3.05, 3.63) is 0 Å². The maximum Gasteiger partial charge on any atom is 0.00470 e. The highest BCUT2D eigenvalue weighted by atomic mass is 32.2. The monoisotopic (exact) mass is 215 g/mol. The molecule has 0 aromatic rings. The third-order valence-corrected chi connectivity index (χ3v) is 4.43. The highest BCUT2D eigenvalue weighted by Crippen LogP contribution is 2.28. The minimum atomic E-state index is 0.398. The summed E-state index contributed by atoms with van der Waals surface area (Å²) in [6.45, 7) is 2.11. The van der Waals surface area contributed by atoms with Crippen LogP contribution < -0.4 is 5.73 Å². The van der Waals surface area contributed by atoms with Crippen LogP contribution in [0.3, 0.4) is 0 Å². The number of thioether (sulfide) groups is 1. The zero-order valence-electron chi connectivity index (χ0n) is 9.50. The van der Waals surface area contributed by atoms with Gasteiger partial charge in [-0.15, -0.1) is 0 Å². The van der Waals surface area contributed by atoms with Gasteiger partial charge in [0.05, 0.1) is 0 Å². The van der Waals surface area contributed by atoms with Gasteiger partial charge in [-0.2, -0.15) is 11.8 Å². The Hall–Kier alpha value is 0.310. The lowest BCUT2D eigenvalue weighted by Crippen LogP contribution is -2.14. The summed E-state index contributed by atoms with van der Waals surface area (Å²) in [5.74, 6) is 1.36. The first-order valence-corrected chi connectivity index (χ1v) is 7.21. The van der Waals surface area contributed by atoms with Crippen molar-refractivity contribution in [3.63, 3.8) is 0 Å². The number of hydrogen-bond donors (Lipinski definition) is 1. The molecule has 0 radical (unpaired) electrons. The van der Waals surface area contributed by atoms with Gasteiger partial charge in [-0.3, -0.25) is 0 Å². The normalized spacial score (nSPS) is 21.0. The molecule has 1 atom stereocenters. The van der Waals surface area contributed by atoms with Gasteiger partial charge in [-0.1, -0.05) is 25.7 Å². The van der Waals surface area contributed by atoms with Crippen molar-refractivity contribution in [2.75, 3.05) is 5.75 Å². The SMILES string of the molecule is CC(N)CCCCSC1CCCCC1. The smallest absolute Gasteiger partial charge is 0.00470 e. The van der Waals surface area contributed by atoms with Gasteiger partial charge in [0, 0.05) is 11.3 Å². The Labute approximate surface area is 93.2 Å². The molecule has 1 unspecified atom stereocenters. The molecular weight excluding hydrogens is 190 g/mol. The molecule has 1 nitrogen and oxygen atoms in total. The summed E-state index contributed by atoms with van der Waals surface area (Å²) in [4.78, 5) is 0. The van der Waals surface area contributed by atoms with E-state index < -0.39 is 0 Å². The molecular formula is C12H25NS. The molecule has 1 rings (SSSR count). The number of unbranched alkanes of at least 4 members (excludes halogenated alkanes) is 1.